The van der Waals surface area contributed by atoms with Crippen molar-refractivity contribution in [2.75, 3.05) is 0 Å². The van der Waals surface area contributed by atoms with Crippen LogP contribution in [0.1, 0.15) is 33.9 Å². The highest BCUT2D eigenvalue weighted by Gasteiger charge is 2.46. The molecule has 4 rings (SSSR count). The maximum Gasteiger partial charge on any atom is 0.295 e. The third-order valence-electron chi connectivity index (χ3n) is 5.61. The van der Waals surface area contributed by atoms with E-state index >= 15 is 0 Å². The Bertz CT molecular complexity index is 1190. The number of aryl methyl sites for hydroxylation is 2. The van der Waals surface area contributed by atoms with Gasteiger partial charge in [0.25, 0.3) is 11.7 Å². The summed E-state index contributed by atoms with van der Waals surface area (Å²) in [5.74, 6) is -2.15. The molecule has 1 aliphatic rings. The first-order valence-electron chi connectivity index (χ1n) is 9.87. The second kappa shape index (κ2) is 8.14. The van der Waals surface area contributed by atoms with Crippen LogP contribution < -0.4 is 0 Å². The Hall–Kier alpha value is -3.80. The van der Waals surface area contributed by atoms with Crippen LogP contribution in [0.2, 0.25) is 0 Å². The molecular weight excluding hydrogens is 395 g/mol. The van der Waals surface area contributed by atoms with Crippen LogP contribution in [-0.2, 0) is 16.1 Å². The summed E-state index contributed by atoms with van der Waals surface area (Å²) in [5.41, 5.74) is 3.78. The number of aliphatic hydroxyl groups is 1. The second-order valence-electron chi connectivity index (χ2n) is 7.63. The minimum absolute atomic E-state index is 0.00563. The number of hydrogen-bond donors (Lipinski definition) is 1. The summed E-state index contributed by atoms with van der Waals surface area (Å²) in [6.07, 6.45) is 3.21. The van der Waals surface area contributed by atoms with Crippen molar-refractivity contribution in [2.24, 2.45) is 0 Å². The number of halogens is 1. The molecule has 1 N–H and O–H groups in total. The van der Waals surface area contributed by atoms with Crippen LogP contribution in [0.25, 0.3) is 5.76 Å². The van der Waals surface area contributed by atoms with Crippen LogP contribution in [0, 0.1) is 19.7 Å². The Morgan fingerprint density at radius 2 is 1.68 bits per heavy atom. The van der Waals surface area contributed by atoms with Gasteiger partial charge in [-0.3, -0.25) is 14.6 Å². The first-order chi connectivity index (χ1) is 14.9. The van der Waals surface area contributed by atoms with Crippen molar-refractivity contribution in [2.45, 2.75) is 26.4 Å². The lowest BCUT2D eigenvalue weighted by Crippen LogP contribution is -2.29. The second-order valence-corrected chi connectivity index (χ2v) is 7.63. The molecule has 156 valence electrons. The third-order valence-corrected chi connectivity index (χ3v) is 5.61. The van der Waals surface area contributed by atoms with Gasteiger partial charge in [-0.1, -0.05) is 24.3 Å². The van der Waals surface area contributed by atoms with Crippen LogP contribution in [0.15, 0.2) is 72.6 Å². The lowest BCUT2D eigenvalue weighted by atomic mass is 9.94. The van der Waals surface area contributed by atoms with Gasteiger partial charge in [0.2, 0.25) is 0 Å². The van der Waals surface area contributed by atoms with Crippen LogP contribution in [0.5, 0.6) is 0 Å². The summed E-state index contributed by atoms with van der Waals surface area (Å²) < 4.78 is 13.6. The van der Waals surface area contributed by atoms with Crippen molar-refractivity contribution >= 4 is 17.4 Å². The van der Waals surface area contributed by atoms with Crippen molar-refractivity contribution in [3.05, 3.63) is 106 Å². The normalized spacial score (nSPS) is 17.9. The van der Waals surface area contributed by atoms with E-state index in [0.717, 1.165) is 16.7 Å². The number of carbonyl (C=O) groups is 2. The number of amides is 1. The van der Waals surface area contributed by atoms with Crippen LogP contribution in [-0.4, -0.2) is 26.7 Å². The topological polar surface area (TPSA) is 70.5 Å². The fourth-order valence-electron chi connectivity index (χ4n) is 3.76. The van der Waals surface area contributed by atoms with Crippen LogP contribution >= 0.6 is 0 Å². The van der Waals surface area contributed by atoms with Crippen molar-refractivity contribution in [3.63, 3.8) is 0 Å². The number of aliphatic hydroxyl groups excluding tert-OH is 1. The predicted octanol–water partition coefficient (Wildman–Crippen LogP) is 4.46. The number of carbonyl (C=O) groups excluding carboxylic acids is 2. The van der Waals surface area contributed by atoms with E-state index in [2.05, 4.69) is 4.98 Å². The first kappa shape index (κ1) is 20.5. The molecule has 2 heterocycles. The standard InChI is InChI=1S/C25H21FN2O3/c1-15-3-4-19(13-16(15)2)23(29)21-22(18-5-7-20(26)8-6-18)28(25(31)24(21)30)14-17-9-11-27-12-10-17/h3-13,22,29H,14H2,1-2H3/b23-21-. The number of aromatic nitrogens is 1. The average Bonchev–Trinajstić information content (AvgIpc) is 3.01. The number of nitrogens with zero attached hydrogens (tertiary/aromatic N) is 2. The molecule has 31 heavy (non-hydrogen) atoms. The largest absolute Gasteiger partial charge is 0.507 e. The highest BCUT2D eigenvalue weighted by molar-refractivity contribution is 6.46. The molecule has 2 aromatic carbocycles. The van der Waals surface area contributed by atoms with E-state index in [4.69, 9.17) is 0 Å². The Labute approximate surface area is 179 Å². The third kappa shape index (κ3) is 3.84. The fourth-order valence-corrected chi connectivity index (χ4v) is 3.76. The molecule has 1 amide bonds. The lowest BCUT2D eigenvalue weighted by molar-refractivity contribution is -0.140. The van der Waals surface area contributed by atoms with Gasteiger partial charge in [0.1, 0.15) is 11.6 Å². The van der Waals surface area contributed by atoms with Crippen molar-refractivity contribution in [1.82, 2.24) is 9.88 Å². The monoisotopic (exact) mass is 416 g/mol. The average molecular weight is 416 g/mol. The Kier molecular flexibility index (Phi) is 5.38. The SMILES string of the molecule is Cc1ccc(/C(O)=C2/C(=O)C(=O)N(Cc3ccncc3)C2c2ccc(F)cc2)cc1C. The van der Waals surface area contributed by atoms with Gasteiger partial charge in [0, 0.05) is 24.5 Å². The number of rotatable bonds is 4. The summed E-state index contributed by atoms with van der Waals surface area (Å²) >= 11 is 0. The van der Waals surface area contributed by atoms with E-state index in [1.807, 2.05) is 19.9 Å². The number of pyridine rings is 1. The molecule has 1 aromatic heterocycles. The number of hydrogen-bond acceptors (Lipinski definition) is 4. The minimum Gasteiger partial charge on any atom is -0.507 e. The van der Waals surface area contributed by atoms with Gasteiger partial charge in [-0.25, -0.2) is 4.39 Å². The molecule has 0 saturated carbocycles. The summed E-state index contributed by atoms with van der Waals surface area (Å²) in [5, 5.41) is 11.1. The molecule has 1 fully saturated rings. The number of benzene rings is 2. The number of ketones is 1. The molecule has 1 unspecified atom stereocenters. The van der Waals surface area contributed by atoms with Gasteiger partial charge in [-0.2, -0.15) is 0 Å². The smallest absolute Gasteiger partial charge is 0.295 e. The van der Waals surface area contributed by atoms with Gasteiger partial charge in [-0.05, 0) is 66.4 Å². The molecule has 1 aliphatic heterocycles. The van der Waals surface area contributed by atoms with Crippen molar-refractivity contribution in [1.29, 1.82) is 0 Å². The number of likely N-dealkylation sites (tertiary alicyclic amines) is 1. The lowest BCUT2D eigenvalue weighted by Gasteiger charge is -2.25. The van der Waals surface area contributed by atoms with Crippen molar-refractivity contribution < 1.29 is 19.1 Å². The highest BCUT2D eigenvalue weighted by Crippen LogP contribution is 2.40. The molecule has 6 heteroatoms. The molecule has 0 radical (unpaired) electrons. The molecule has 1 atom stereocenters. The molecule has 0 bridgehead atoms. The summed E-state index contributed by atoms with van der Waals surface area (Å²) in [6, 6.07) is 13.6. The zero-order valence-electron chi connectivity index (χ0n) is 17.2. The Balaban J connectivity index is 1.87. The molecule has 0 aliphatic carbocycles. The molecule has 5 nitrogen and oxygen atoms in total. The van der Waals surface area contributed by atoms with Crippen molar-refractivity contribution in [3.8, 4) is 0 Å². The zero-order valence-corrected chi connectivity index (χ0v) is 17.2. The first-order valence-corrected chi connectivity index (χ1v) is 9.87. The van der Waals surface area contributed by atoms with E-state index in [1.165, 1.54) is 29.2 Å². The Morgan fingerprint density at radius 3 is 2.32 bits per heavy atom. The van der Waals surface area contributed by atoms with Gasteiger partial charge in [0.05, 0.1) is 11.6 Å². The molecular formula is C25H21FN2O3. The Morgan fingerprint density at radius 1 is 1.00 bits per heavy atom. The summed E-state index contributed by atoms with van der Waals surface area (Å²) in [6.45, 7) is 4.01. The van der Waals surface area contributed by atoms with E-state index in [9.17, 15) is 19.1 Å². The van der Waals surface area contributed by atoms with E-state index in [-0.39, 0.29) is 17.9 Å². The van der Waals surface area contributed by atoms with Gasteiger partial charge in [0.15, 0.2) is 0 Å². The zero-order chi connectivity index (χ0) is 22.1. The maximum absolute atomic E-state index is 13.6. The highest BCUT2D eigenvalue weighted by atomic mass is 19.1. The van der Waals surface area contributed by atoms with Gasteiger partial charge >= 0.3 is 0 Å². The summed E-state index contributed by atoms with van der Waals surface area (Å²) in [4.78, 5) is 31.4. The summed E-state index contributed by atoms with van der Waals surface area (Å²) in [7, 11) is 0. The van der Waals surface area contributed by atoms with Crippen LogP contribution in [0.4, 0.5) is 4.39 Å². The van der Waals surface area contributed by atoms with E-state index in [0.29, 0.717) is 11.1 Å². The predicted molar refractivity (Wildman–Crippen MR) is 114 cm³/mol. The fraction of sp³-hybridized carbons (Fsp3) is 0.160. The quantitative estimate of drug-likeness (QED) is 0.387. The minimum atomic E-state index is -0.838. The van der Waals surface area contributed by atoms with E-state index < -0.39 is 23.5 Å². The van der Waals surface area contributed by atoms with E-state index in [1.54, 1.807) is 36.7 Å². The molecule has 3 aromatic rings. The van der Waals surface area contributed by atoms with Gasteiger partial charge in [-0.15, -0.1) is 0 Å². The number of Topliss-reactive ketones (excluding diaryl/α,β-unsaturated/α-hetero) is 1. The maximum atomic E-state index is 13.6. The molecule has 0 spiro atoms. The van der Waals surface area contributed by atoms with Gasteiger partial charge < -0.3 is 10.0 Å². The molecule has 1 saturated heterocycles. The van der Waals surface area contributed by atoms with Crippen LogP contribution in [0.3, 0.4) is 0 Å².